The van der Waals surface area contributed by atoms with E-state index < -0.39 is 0 Å². The molecule has 2 atom stereocenters. The van der Waals surface area contributed by atoms with Crippen molar-refractivity contribution in [2.75, 3.05) is 39.4 Å². The van der Waals surface area contributed by atoms with Crippen LogP contribution < -0.4 is 5.56 Å². The number of likely N-dealkylation sites (tertiary alicyclic amines) is 1. The average Bonchev–Trinajstić information content (AvgIpc) is 2.90. The van der Waals surface area contributed by atoms with Crippen molar-refractivity contribution < 1.29 is 13.9 Å². The summed E-state index contributed by atoms with van der Waals surface area (Å²) >= 11 is 0. The predicted octanol–water partition coefficient (Wildman–Crippen LogP) is 3.75. The van der Waals surface area contributed by atoms with E-state index in [4.69, 9.17) is 4.74 Å². The first kappa shape index (κ1) is 23.1. The molecule has 6 rings (SSSR count). The lowest BCUT2D eigenvalue weighted by Crippen LogP contribution is -2.49. The number of morpholine rings is 1. The zero-order valence-corrected chi connectivity index (χ0v) is 20.2. The van der Waals surface area contributed by atoms with Crippen molar-refractivity contribution in [3.63, 3.8) is 0 Å². The maximum Gasteiger partial charge on any atom is 0.258 e. The molecule has 2 bridgehead atoms. The van der Waals surface area contributed by atoms with Crippen molar-refractivity contribution in [3.8, 4) is 11.1 Å². The van der Waals surface area contributed by atoms with E-state index in [2.05, 4.69) is 17.0 Å². The number of carbonyl (C=O) groups is 1. The van der Waals surface area contributed by atoms with Gasteiger partial charge in [0.15, 0.2) is 0 Å². The smallest absolute Gasteiger partial charge is 0.258 e. The molecule has 1 amide bonds. The molecule has 3 aliphatic heterocycles. The molecule has 6 nitrogen and oxygen atoms in total. The van der Waals surface area contributed by atoms with Crippen LogP contribution in [0.3, 0.4) is 0 Å². The van der Waals surface area contributed by atoms with Crippen LogP contribution in [0.4, 0.5) is 4.39 Å². The maximum absolute atomic E-state index is 13.8. The first-order valence-electron chi connectivity index (χ1n) is 12.7. The van der Waals surface area contributed by atoms with Crippen LogP contribution in [-0.2, 0) is 17.8 Å². The van der Waals surface area contributed by atoms with E-state index in [9.17, 15) is 14.0 Å². The van der Waals surface area contributed by atoms with E-state index in [1.165, 1.54) is 12.1 Å². The standard InChI is InChI=1S/C29H30FN3O3/c30-24-7-5-21(6-8-24)28(34)32-16-20-15-23(19-32)27-10-9-26(29(35)33(27)17-20)25-4-2-1-3-22(25)18-31-11-13-36-14-12-31/h1-10,20,23H,11-19H2. The third kappa shape index (κ3) is 4.38. The summed E-state index contributed by atoms with van der Waals surface area (Å²) in [5.74, 6) is -0.0868. The van der Waals surface area contributed by atoms with Crippen LogP contribution in [0.2, 0.25) is 0 Å². The van der Waals surface area contributed by atoms with E-state index in [1.807, 2.05) is 33.7 Å². The molecule has 0 radical (unpaired) electrons. The molecular weight excluding hydrogens is 457 g/mol. The first-order chi connectivity index (χ1) is 17.6. The summed E-state index contributed by atoms with van der Waals surface area (Å²) in [5, 5.41) is 0. The number of carbonyl (C=O) groups excluding carboxylic acids is 1. The minimum atomic E-state index is -0.349. The van der Waals surface area contributed by atoms with E-state index in [-0.39, 0.29) is 29.1 Å². The van der Waals surface area contributed by atoms with Crippen LogP contribution in [0.25, 0.3) is 11.1 Å². The van der Waals surface area contributed by atoms with Crippen molar-refractivity contribution in [2.45, 2.75) is 25.4 Å². The highest BCUT2D eigenvalue weighted by Gasteiger charge is 2.37. The van der Waals surface area contributed by atoms with Crippen LogP contribution in [0.1, 0.15) is 34.0 Å². The van der Waals surface area contributed by atoms with Crippen LogP contribution in [0, 0.1) is 11.7 Å². The van der Waals surface area contributed by atoms with Crippen molar-refractivity contribution in [2.24, 2.45) is 5.92 Å². The van der Waals surface area contributed by atoms with Crippen molar-refractivity contribution in [1.82, 2.24) is 14.4 Å². The Kier molecular flexibility index (Phi) is 6.19. The molecule has 0 N–H and O–H groups in total. The minimum Gasteiger partial charge on any atom is -0.379 e. The van der Waals surface area contributed by atoms with Crippen LogP contribution in [-0.4, -0.2) is 59.7 Å². The summed E-state index contributed by atoms with van der Waals surface area (Å²) in [6.07, 6.45) is 0.972. The van der Waals surface area contributed by atoms with Gasteiger partial charge in [-0.2, -0.15) is 0 Å². The van der Waals surface area contributed by atoms with Crippen molar-refractivity contribution in [1.29, 1.82) is 0 Å². The Labute approximate surface area is 209 Å². The number of ether oxygens (including phenoxy) is 1. The van der Waals surface area contributed by atoms with E-state index in [0.717, 1.165) is 61.7 Å². The molecule has 0 saturated carbocycles. The Bertz CT molecular complexity index is 1330. The third-order valence-corrected chi connectivity index (χ3v) is 7.79. The van der Waals surface area contributed by atoms with Gasteiger partial charge in [-0.05, 0) is 59.9 Å². The van der Waals surface area contributed by atoms with Gasteiger partial charge < -0.3 is 14.2 Å². The molecule has 0 spiro atoms. The number of fused-ring (bicyclic) bond motifs is 4. The molecule has 2 unspecified atom stereocenters. The number of aromatic nitrogens is 1. The molecule has 2 aromatic carbocycles. The summed E-state index contributed by atoms with van der Waals surface area (Å²) < 4.78 is 20.7. The number of nitrogens with zero attached hydrogens (tertiary/aromatic N) is 3. The number of amides is 1. The SMILES string of the molecule is O=C(c1ccc(F)cc1)N1CC2CC(C1)c1ccc(-c3ccccc3CN3CCOCC3)c(=O)n1C2. The highest BCUT2D eigenvalue weighted by molar-refractivity contribution is 5.94. The van der Waals surface area contributed by atoms with Gasteiger partial charge in [0.1, 0.15) is 5.82 Å². The second kappa shape index (κ2) is 9.64. The Morgan fingerprint density at radius 2 is 1.69 bits per heavy atom. The normalized spacial score (nSPS) is 21.8. The fourth-order valence-corrected chi connectivity index (χ4v) is 6.01. The molecule has 186 valence electrons. The minimum absolute atomic E-state index is 0.0509. The number of piperidine rings is 1. The van der Waals surface area contributed by atoms with E-state index in [1.54, 1.807) is 12.1 Å². The van der Waals surface area contributed by atoms with Gasteiger partial charge in [0.25, 0.3) is 11.5 Å². The number of pyridine rings is 1. The molecule has 3 aromatic rings. The molecule has 3 aliphatic rings. The van der Waals surface area contributed by atoms with E-state index >= 15 is 0 Å². The molecule has 2 saturated heterocycles. The number of benzene rings is 2. The van der Waals surface area contributed by atoms with Crippen LogP contribution >= 0.6 is 0 Å². The fourth-order valence-electron chi connectivity index (χ4n) is 6.01. The second-order valence-electron chi connectivity index (χ2n) is 10.1. The van der Waals surface area contributed by atoms with Crippen molar-refractivity contribution in [3.05, 3.63) is 93.7 Å². The van der Waals surface area contributed by atoms with Gasteiger partial charge in [-0.25, -0.2) is 4.39 Å². The van der Waals surface area contributed by atoms with Gasteiger partial charge in [0, 0.05) is 62.0 Å². The summed E-state index contributed by atoms with van der Waals surface area (Å²) in [6.45, 7) is 5.86. The third-order valence-electron chi connectivity index (χ3n) is 7.79. The average molecular weight is 488 g/mol. The molecule has 1 aromatic heterocycles. The highest BCUT2D eigenvalue weighted by atomic mass is 19.1. The maximum atomic E-state index is 13.8. The summed E-state index contributed by atoms with van der Waals surface area (Å²) in [4.78, 5) is 31.1. The lowest BCUT2D eigenvalue weighted by Gasteiger charge is -2.43. The number of rotatable bonds is 4. The molecule has 36 heavy (non-hydrogen) atoms. The molecule has 0 aliphatic carbocycles. The zero-order valence-electron chi connectivity index (χ0n) is 20.2. The van der Waals surface area contributed by atoms with Gasteiger partial charge in [-0.15, -0.1) is 0 Å². The lowest BCUT2D eigenvalue weighted by molar-refractivity contribution is 0.0342. The predicted molar refractivity (Wildman–Crippen MR) is 135 cm³/mol. The number of halogens is 1. The molecular formula is C29H30FN3O3. The lowest BCUT2D eigenvalue weighted by atomic mass is 9.82. The van der Waals surface area contributed by atoms with Crippen LogP contribution in [0.15, 0.2) is 65.5 Å². The van der Waals surface area contributed by atoms with Crippen LogP contribution in [0.5, 0.6) is 0 Å². The largest absolute Gasteiger partial charge is 0.379 e. The second-order valence-corrected chi connectivity index (χ2v) is 10.1. The van der Waals surface area contributed by atoms with E-state index in [0.29, 0.717) is 25.2 Å². The summed E-state index contributed by atoms with van der Waals surface area (Å²) in [6, 6.07) is 18.0. The monoisotopic (exact) mass is 487 g/mol. The van der Waals surface area contributed by atoms with Gasteiger partial charge in [-0.3, -0.25) is 14.5 Å². The molecule has 7 heteroatoms. The molecule has 4 heterocycles. The Morgan fingerprint density at radius 3 is 2.50 bits per heavy atom. The fraction of sp³-hybridized carbons (Fsp3) is 0.379. The van der Waals surface area contributed by atoms with Gasteiger partial charge in [0.05, 0.1) is 13.2 Å². The summed E-state index contributed by atoms with van der Waals surface area (Å²) in [7, 11) is 0. The Morgan fingerprint density at radius 1 is 0.917 bits per heavy atom. The zero-order chi connectivity index (χ0) is 24.6. The van der Waals surface area contributed by atoms with Gasteiger partial charge >= 0.3 is 0 Å². The Balaban J connectivity index is 1.28. The number of hydrogen-bond donors (Lipinski definition) is 0. The Hall–Kier alpha value is -3.29. The topological polar surface area (TPSA) is 54.8 Å². The summed E-state index contributed by atoms with van der Waals surface area (Å²) in [5.41, 5.74) is 4.44. The first-order valence-corrected chi connectivity index (χ1v) is 12.7. The van der Waals surface area contributed by atoms with Crippen molar-refractivity contribution >= 4 is 5.91 Å². The molecule has 2 fully saturated rings. The van der Waals surface area contributed by atoms with Gasteiger partial charge in [-0.1, -0.05) is 24.3 Å². The highest BCUT2D eigenvalue weighted by Crippen LogP contribution is 2.36. The quantitative estimate of drug-likeness (QED) is 0.563. The number of hydrogen-bond acceptors (Lipinski definition) is 4. The van der Waals surface area contributed by atoms with Gasteiger partial charge in [0.2, 0.25) is 0 Å².